The van der Waals surface area contributed by atoms with Gasteiger partial charge in [0.2, 0.25) is 0 Å². The van der Waals surface area contributed by atoms with Crippen molar-refractivity contribution in [2.45, 2.75) is 60.4 Å². The molecule has 2 aromatic heterocycles. The van der Waals surface area contributed by atoms with Gasteiger partial charge in [0.05, 0.1) is 23.6 Å². The monoisotopic (exact) mass is 440 g/mol. The van der Waals surface area contributed by atoms with Crippen LogP contribution in [0.1, 0.15) is 74.7 Å². The van der Waals surface area contributed by atoms with E-state index in [0.29, 0.717) is 0 Å². The van der Waals surface area contributed by atoms with Crippen LogP contribution in [0.25, 0.3) is 17.3 Å². The lowest BCUT2D eigenvalue weighted by Crippen LogP contribution is -2.21. The number of hydrogen-bond acceptors (Lipinski definition) is 3. The minimum atomic E-state index is 0.143. The van der Waals surface area contributed by atoms with Crippen LogP contribution in [0.15, 0.2) is 72.7 Å². The zero-order valence-electron chi connectivity index (χ0n) is 20.8. The van der Waals surface area contributed by atoms with Gasteiger partial charge in [-0.05, 0) is 70.4 Å². The van der Waals surface area contributed by atoms with Gasteiger partial charge >= 0.3 is 0 Å². The van der Waals surface area contributed by atoms with Crippen molar-refractivity contribution in [2.24, 2.45) is 0 Å². The van der Waals surface area contributed by atoms with Crippen LogP contribution in [-0.2, 0) is 0 Å². The summed E-state index contributed by atoms with van der Waals surface area (Å²) in [5.41, 5.74) is 9.85. The molecule has 33 heavy (non-hydrogen) atoms. The van der Waals surface area contributed by atoms with Crippen LogP contribution in [0, 0.1) is 13.8 Å². The smallest absolute Gasteiger partial charge is 0.0747 e. The summed E-state index contributed by atoms with van der Waals surface area (Å²) >= 11 is 0. The van der Waals surface area contributed by atoms with Crippen molar-refractivity contribution in [3.8, 4) is 5.69 Å². The summed E-state index contributed by atoms with van der Waals surface area (Å²) in [5, 5.41) is 8.42. The molecule has 3 aromatic rings. The molecule has 0 bridgehead atoms. The molecule has 0 spiro atoms. The zero-order chi connectivity index (χ0) is 24.0. The summed E-state index contributed by atoms with van der Waals surface area (Å²) < 4.78 is 2.02. The molecule has 0 aliphatic rings. The molecule has 1 N–H and O–H groups in total. The van der Waals surface area contributed by atoms with Gasteiger partial charge in [-0.2, -0.15) is 5.10 Å². The summed E-state index contributed by atoms with van der Waals surface area (Å²) in [4.78, 5) is 4.47. The molecule has 0 aliphatic carbocycles. The highest BCUT2D eigenvalue weighted by atomic mass is 15.3. The van der Waals surface area contributed by atoms with Crippen molar-refractivity contribution in [2.75, 3.05) is 0 Å². The number of aromatic nitrogens is 3. The molecule has 0 saturated heterocycles. The van der Waals surface area contributed by atoms with E-state index in [0.717, 1.165) is 52.3 Å². The highest BCUT2D eigenvalue weighted by molar-refractivity contribution is 5.82. The standard InChI is InChI=1S/C29H36N4/c1-8-20(4)17-29-27(19-31-33(29)25-15-11-21(5)12-16-25)26(9-2)23(7)32-28(10-3)24-14-13-22(6)30-18-24/h9,11-19,28,32H,7-8,10H2,1-6H3/b20-17+,26-9-. The zero-order valence-corrected chi connectivity index (χ0v) is 20.8. The Bertz CT molecular complexity index is 1150. The van der Waals surface area contributed by atoms with Crippen molar-refractivity contribution in [1.29, 1.82) is 0 Å². The first-order valence-corrected chi connectivity index (χ1v) is 11.7. The van der Waals surface area contributed by atoms with E-state index in [1.807, 2.05) is 24.0 Å². The van der Waals surface area contributed by atoms with Gasteiger partial charge in [-0.1, -0.05) is 55.8 Å². The van der Waals surface area contributed by atoms with Crippen LogP contribution in [-0.4, -0.2) is 14.8 Å². The Morgan fingerprint density at radius 3 is 2.39 bits per heavy atom. The third-order valence-corrected chi connectivity index (χ3v) is 6.02. The summed E-state index contributed by atoms with van der Waals surface area (Å²) in [6, 6.07) is 12.8. The molecule has 2 heterocycles. The highest BCUT2D eigenvalue weighted by Gasteiger charge is 2.18. The first-order chi connectivity index (χ1) is 15.9. The third kappa shape index (κ3) is 5.70. The van der Waals surface area contributed by atoms with Gasteiger partial charge in [-0.3, -0.25) is 4.98 Å². The van der Waals surface area contributed by atoms with Gasteiger partial charge in [0.15, 0.2) is 0 Å². The largest absolute Gasteiger partial charge is 0.378 e. The van der Waals surface area contributed by atoms with Crippen LogP contribution in [0.3, 0.4) is 0 Å². The molecule has 1 unspecified atom stereocenters. The van der Waals surface area contributed by atoms with E-state index in [9.17, 15) is 0 Å². The van der Waals surface area contributed by atoms with Crippen molar-refractivity contribution < 1.29 is 0 Å². The summed E-state index contributed by atoms with van der Waals surface area (Å²) in [6.07, 6.45) is 10.2. The van der Waals surface area contributed by atoms with E-state index >= 15 is 0 Å². The molecule has 4 heteroatoms. The lowest BCUT2D eigenvalue weighted by atomic mass is 9.99. The van der Waals surface area contributed by atoms with Crippen LogP contribution in [0.2, 0.25) is 0 Å². The molecule has 0 radical (unpaired) electrons. The van der Waals surface area contributed by atoms with Crippen LogP contribution >= 0.6 is 0 Å². The summed E-state index contributed by atoms with van der Waals surface area (Å²) in [7, 11) is 0. The number of pyridine rings is 1. The van der Waals surface area contributed by atoms with Crippen molar-refractivity contribution >= 4 is 11.6 Å². The first kappa shape index (κ1) is 24.2. The Kier molecular flexibility index (Phi) is 8.05. The van der Waals surface area contributed by atoms with E-state index in [-0.39, 0.29) is 6.04 Å². The number of nitrogens with zero attached hydrogens (tertiary/aromatic N) is 3. The van der Waals surface area contributed by atoms with E-state index in [4.69, 9.17) is 5.10 Å². The summed E-state index contributed by atoms with van der Waals surface area (Å²) in [5.74, 6) is 0. The van der Waals surface area contributed by atoms with Gasteiger partial charge in [0.25, 0.3) is 0 Å². The lowest BCUT2D eigenvalue weighted by Gasteiger charge is -2.22. The molecular formula is C29H36N4. The molecule has 172 valence electrons. The fourth-order valence-corrected chi connectivity index (χ4v) is 3.82. The Morgan fingerprint density at radius 2 is 1.82 bits per heavy atom. The highest BCUT2D eigenvalue weighted by Crippen LogP contribution is 2.30. The lowest BCUT2D eigenvalue weighted by molar-refractivity contribution is 0.588. The van der Waals surface area contributed by atoms with Crippen molar-refractivity contribution in [3.63, 3.8) is 0 Å². The van der Waals surface area contributed by atoms with Crippen LogP contribution in [0.4, 0.5) is 0 Å². The Balaban J connectivity index is 1.99. The number of rotatable bonds is 9. The van der Waals surface area contributed by atoms with Gasteiger partial charge < -0.3 is 5.32 Å². The maximum Gasteiger partial charge on any atom is 0.0747 e. The van der Waals surface area contributed by atoms with Gasteiger partial charge in [0.1, 0.15) is 0 Å². The SMILES string of the molecule is C=C(NC(CC)c1ccc(C)nc1)/C(=C/C)c1cnn(-c2ccc(C)cc2)c1/C=C(\C)CC. The fraction of sp³-hybridized carbons (Fsp3) is 0.310. The average molecular weight is 441 g/mol. The van der Waals surface area contributed by atoms with Gasteiger partial charge in [0, 0.05) is 28.7 Å². The van der Waals surface area contributed by atoms with Gasteiger partial charge in [-0.15, -0.1) is 0 Å². The Hall–Kier alpha value is -3.40. The van der Waals surface area contributed by atoms with E-state index in [1.165, 1.54) is 11.1 Å². The number of benzene rings is 1. The molecular weight excluding hydrogens is 404 g/mol. The molecule has 0 aliphatic heterocycles. The van der Waals surface area contributed by atoms with Crippen LogP contribution in [0.5, 0.6) is 0 Å². The molecule has 0 fully saturated rings. The Morgan fingerprint density at radius 1 is 1.09 bits per heavy atom. The molecule has 3 rings (SSSR count). The Labute approximate surface area is 198 Å². The molecule has 0 saturated carbocycles. The minimum absolute atomic E-state index is 0.143. The maximum absolute atomic E-state index is 4.77. The second-order valence-electron chi connectivity index (χ2n) is 8.55. The first-order valence-electron chi connectivity index (χ1n) is 11.7. The number of nitrogens with one attached hydrogen (secondary N) is 1. The fourth-order valence-electron chi connectivity index (χ4n) is 3.82. The molecule has 1 atom stereocenters. The second-order valence-corrected chi connectivity index (χ2v) is 8.55. The quantitative estimate of drug-likeness (QED) is 0.354. The topological polar surface area (TPSA) is 42.7 Å². The predicted octanol–water partition coefficient (Wildman–Crippen LogP) is 7.36. The van der Waals surface area contributed by atoms with Crippen molar-refractivity contribution in [1.82, 2.24) is 20.1 Å². The van der Waals surface area contributed by atoms with E-state index in [1.54, 1.807) is 0 Å². The molecule has 1 aromatic carbocycles. The van der Waals surface area contributed by atoms with Crippen molar-refractivity contribution in [3.05, 3.63) is 101 Å². The van der Waals surface area contributed by atoms with Gasteiger partial charge in [-0.25, -0.2) is 4.68 Å². The number of hydrogen-bond donors (Lipinski definition) is 1. The second kappa shape index (κ2) is 11.0. The average Bonchev–Trinajstić information content (AvgIpc) is 3.22. The number of aryl methyl sites for hydroxylation is 2. The van der Waals surface area contributed by atoms with E-state index < -0.39 is 0 Å². The predicted molar refractivity (Wildman–Crippen MR) is 140 cm³/mol. The molecule has 4 nitrogen and oxygen atoms in total. The normalized spacial score (nSPS) is 13.2. The van der Waals surface area contributed by atoms with E-state index in [2.05, 4.69) is 100 Å². The maximum atomic E-state index is 4.77. The van der Waals surface area contributed by atoms with Crippen LogP contribution < -0.4 is 5.32 Å². The molecule has 0 amide bonds. The number of allylic oxidation sites excluding steroid dienone is 3. The summed E-state index contributed by atoms with van der Waals surface area (Å²) in [6.45, 7) is 17.1. The minimum Gasteiger partial charge on any atom is -0.378 e. The third-order valence-electron chi connectivity index (χ3n) is 6.02.